The summed E-state index contributed by atoms with van der Waals surface area (Å²) in [6.07, 6.45) is 3.76. The molecule has 1 amide bonds. The minimum atomic E-state index is -0.232. The first-order valence-electron chi connectivity index (χ1n) is 6.79. The lowest BCUT2D eigenvalue weighted by Gasteiger charge is -2.11. The van der Waals surface area contributed by atoms with Gasteiger partial charge in [-0.1, -0.05) is 19.4 Å². The van der Waals surface area contributed by atoms with Gasteiger partial charge in [-0.2, -0.15) is 0 Å². The van der Waals surface area contributed by atoms with Gasteiger partial charge in [-0.15, -0.1) is 0 Å². The third-order valence-corrected chi connectivity index (χ3v) is 3.18. The van der Waals surface area contributed by atoms with E-state index >= 15 is 0 Å². The fraction of sp³-hybridized carbons (Fsp3) is 0.333. The van der Waals surface area contributed by atoms with E-state index in [4.69, 9.17) is 21.7 Å². The molecule has 2 rings (SSSR count). The summed E-state index contributed by atoms with van der Waals surface area (Å²) in [6.45, 7) is 2.74. The number of carbonyl (C=O) groups is 1. The van der Waals surface area contributed by atoms with Gasteiger partial charge in [0.05, 0.1) is 13.7 Å². The molecular weight excluding hydrogens is 288 g/mol. The summed E-state index contributed by atoms with van der Waals surface area (Å²) < 4.78 is 11.0. The van der Waals surface area contributed by atoms with Crippen molar-refractivity contribution >= 4 is 29.3 Å². The molecule has 1 aromatic rings. The molecule has 1 aromatic carbocycles. The predicted molar refractivity (Wildman–Crippen MR) is 85.3 cm³/mol. The number of unbranched alkanes of at least 4 members (excludes halogenated alkanes) is 1. The second kappa shape index (κ2) is 7.08. The van der Waals surface area contributed by atoms with E-state index in [2.05, 4.69) is 17.6 Å². The standard InChI is InChI=1S/C15H18N2O3S/c1-3-4-7-20-13-9-10(5-6-12(13)19-2)8-11-14(18)17-15(21)16-11/h5-6,8-9H,3-4,7H2,1-2H3,(H2,16,17,18,21)/b11-8-. The fourth-order valence-electron chi connectivity index (χ4n) is 1.87. The molecule has 0 saturated carbocycles. The van der Waals surface area contributed by atoms with Crippen LogP contribution in [-0.2, 0) is 4.79 Å². The van der Waals surface area contributed by atoms with Gasteiger partial charge in [-0.05, 0) is 42.4 Å². The van der Waals surface area contributed by atoms with Gasteiger partial charge in [0.25, 0.3) is 5.91 Å². The van der Waals surface area contributed by atoms with Gasteiger partial charge in [0.15, 0.2) is 16.6 Å². The van der Waals surface area contributed by atoms with Gasteiger partial charge < -0.3 is 14.8 Å². The van der Waals surface area contributed by atoms with Crippen molar-refractivity contribution in [2.24, 2.45) is 0 Å². The molecular formula is C15H18N2O3S. The van der Waals surface area contributed by atoms with Gasteiger partial charge in [0, 0.05) is 0 Å². The molecule has 0 unspecified atom stereocenters. The zero-order chi connectivity index (χ0) is 15.2. The number of methoxy groups -OCH3 is 1. The number of hydrogen-bond acceptors (Lipinski definition) is 4. The zero-order valence-corrected chi connectivity index (χ0v) is 12.9. The van der Waals surface area contributed by atoms with E-state index in [1.807, 2.05) is 18.2 Å². The molecule has 1 aliphatic rings. The second-order valence-corrected chi connectivity index (χ2v) is 4.99. The maximum Gasteiger partial charge on any atom is 0.273 e. The van der Waals surface area contributed by atoms with Crippen LogP contribution in [-0.4, -0.2) is 24.7 Å². The van der Waals surface area contributed by atoms with Crippen LogP contribution in [0, 0.1) is 0 Å². The number of benzene rings is 1. The Morgan fingerprint density at radius 1 is 1.29 bits per heavy atom. The van der Waals surface area contributed by atoms with E-state index in [0.29, 0.717) is 28.9 Å². The van der Waals surface area contributed by atoms with Crippen molar-refractivity contribution in [1.82, 2.24) is 10.6 Å². The van der Waals surface area contributed by atoms with Gasteiger partial charge in [0.2, 0.25) is 0 Å². The molecule has 21 heavy (non-hydrogen) atoms. The van der Waals surface area contributed by atoms with Gasteiger partial charge in [0.1, 0.15) is 5.70 Å². The van der Waals surface area contributed by atoms with E-state index in [1.165, 1.54) is 0 Å². The molecule has 2 N–H and O–H groups in total. The summed E-state index contributed by atoms with van der Waals surface area (Å²) in [5, 5.41) is 5.65. The number of amides is 1. The highest BCUT2D eigenvalue weighted by molar-refractivity contribution is 7.80. The molecule has 0 radical (unpaired) electrons. The van der Waals surface area contributed by atoms with E-state index in [1.54, 1.807) is 13.2 Å². The Balaban J connectivity index is 2.21. The van der Waals surface area contributed by atoms with E-state index in [9.17, 15) is 4.79 Å². The van der Waals surface area contributed by atoms with Crippen LogP contribution in [0.25, 0.3) is 6.08 Å². The summed E-state index contributed by atoms with van der Waals surface area (Å²) in [4.78, 5) is 11.6. The molecule has 6 heteroatoms. The van der Waals surface area contributed by atoms with E-state index in [0.717, 1.165) is 18.4 Å². The molecule has 1 fully saturated rings. The topological polar surface area (TPSA) is 59.6 Å². The van der Waals surface area contributed by atoms with Crippen LogP contribution in [0.2, 0.25) is 0 Å². The van der Waals surface area contributed by atoms with Gasteiger partial charge >= 0.3 is 0 Å². The third kappa shape index (κ3) is 3.95. The average molecular weight is 306 g/mol. The van der Waals surface area contributed by atoms with Crippen molar-refractivity contribution in [2.45, 2.75) is 19.8 Å². The Morgan fingerprint density at radius 3 is 2.71 bits per heavy atom. The molecule has 5 nitrogen and oxygen atoms in total. The molecule has 0 aliphatic carbocycles. The van der Waals surface area contributed by atoms with Crippen molar-refractivity contribution in [3.05, 3.63) is 29.5 Å². The molecule has 1 aliphatic heterocycles. The number of carbonyl (C=O) groups excluding carboxylic acids is 1. The minimum Gasteiger partial charge on any atom is -0.493 e. The summed E-state index contributed by atoms with van der Waals surface area (Å²) in [5.74, 6) is 1.11. The second-order valence-electron chi connectivity index (χ2n) is 4.58. The van der Waals surface area contributed by atoms with Crippen molar-refractivity contribution < 1.29 is 14.3 Å². The van der Waals surface area contributed by atoms with Crippen molar-refractivity contribution in [1.29, 1.82) is 0 Å². The highest BCUT2D eigenvalue weighted by atomic mass is 32.1. The van der Waals surface area contributed by atoms with Crippen LogP contribution in [0.5, 0.6) is 11.5 Å². The fourth-order valence-corrected chi connectivity index (χ4v) is 2.07. The van der Waals surface area contributed by atoms with Gasteiger partial charge in [-0.3, -0.25) is 10.1 Å². The highest BCUT2D eigenvalue weighted by Crippen LogP contribution is 2.29. The van der Waals surface area contributed by atoms with Crippen LogP contribution in [0.3, 0.4) is 0 Å². The lowest BCUT2D eigenvalue weighted by Crippen LogP contribution is -2.21. The molecule has 1 saturated heterocycles. The van der Waals surface area contributed by atoms with Crippen LogP contribution in [0.4, 0.5) is 0 Å². The van der Waals surface area contributed by atoms with E-state index < -0.39 is 0 Å². The highest BCUT2D eigenvalue weighted by Gasteiger charge is 2.20. The zero-order valence-electron chi connectivity index (χ0n) is 12.1. The Morgan fingerprint density at radius 2 is 2.10 bits per heavy atom. The monoisotopic (exact) mass is 306 g/mol. The maximum atomic E-state index is 11.6. The molecule has 0 bridgehead atoms. The van der Waals surface area contributed by atoms with Crippen LogP contribution in [0.1, 0.15) is 25.3 Å². The first-order chi connectivity index (χ1) is 10.1. The minimum absolute atomic E-state index is 0.232. The third-order valence-electron chi connectivity index (χ3n) is 2.97. The van der Waals surface area contributed by atoms with Crippen LogP contribution in [0.15, 0.2) is 23.9 Å². The number of hydrogen-bond donors (Lipinski definition) is 2. The summed E-state index contributed by atoms with van der Waals surface area (Å²) in [6, 6.07) is 5.52. The molecule has 1 heterocycles. The lowest BCUT2D eigenvalue weighted by atomic mass is 10.1. The quantitative estimate of drug-likeness (QED) is 0.479. The van der Waals surface area contributed by atoms with Crippen LogP contribution < -0.4 is 20.1 Å². The van der Waals surface area contributed by atoms with E-state index in [-0.39, 0.29) is 5.91 Å². The molecule has 112 valence electrons. The predicted octanol–water partition coefficient (Wildman–Crippen LogP) is 2.22. The summed E-state index contributed by atoms with van der Waals surface area (Å²) in [7, 11) is 1.60. The largest absolute Gasteiger partial charge is 0.493 e. The first kappa shape index (κ1) is 15.3. The van der Waals surface area contributed by atoms with Crippen molar-refractivity contribution in [2.75, 3.05) is 13.7 Å². The summed E-state index contributed by atoms with van der Waals surface area (Å²) in [5.41, 5.74) is 1.26. The van der Waals surface area contributed by atoms with Gasteiger partial charge in [-0.25, -0.2) is 0 Å². The number of nitrogens with one attached hydrogen (secondary N) is 2. The number of thiocarbonyl (C=S) groups is 1. The Bertz CT molecular complexity index is 584. The maximum absolute atomic E-state index is 11.6. The number of rotatable bonds is 6. The first-order valence-corrected chi connectivity index (χ1v) is 7.19. The van der Waals surface area contributed by atoms with Crippen molar-refractivity contribution in [3.8, 4) is 11.5 Å². The normalized spacial score (nSPS) is 15.8. The summed E-state index contributed by atoms with van der Waals surface area (Å²) >= 11 is 4.90. The number of ether oxygens (including phenoxy) is 2. The molecule has 0 atom stereocenters. The van der Waals surface area contributed by atoms with Crippen molar-refractivity contribution in [3.63, 3.8) is 0 Å². The lowest BCUT2D eigenvalue weighted by molar-refractivity contribution is -0.115. The van der Waals surface area contributed by atoms with Crippen LogP contribution >= 0.6 is 12.2 Å². The average Bonchev–Trinajstić information content (AvgIpc) is 2.77. The Labute approximate surface area is 129 Å². The smallest absolute Gasteiger partial charge is 0.273 e. The molecule has 0 aromatic heterocycles. The Kier molecular flexibility index (Phi) is 5.16. The SMILES string of the molecule is CCCCOc1cc(/C=C2\NC(=S)NC2=O)ccc1OC. The Hall–Kier alpha value is -2.08. The molecule has 0 spiro atoms.